The molecule has 1 fully saturated rings. The van der Waals surface area contributed by atoms with Gasteiger partial charge in [-0.05, 0) is 25.7 Å². The van der Waals surface area contributed by atoms with Crippen molar-refractivity contribution in [3.05, 3.63) is 10.4 Å². The summed E-state index contributed by atoms with van der Waals surface area (Å²) in [5.74, 6) is 0.291. The summed E-state index contributed by atoms with van der Waals surface area (Å²) in [6, 6.07) is 1.26. The zero-order valence-electron chi connectivity index (χ0n) is 10.3. The molecule has 1 heterocycles. The van der Waals surface area contributed by atoms with Crippen LogP contribution < -0.4 is 11.1 Å². The van der Waals surface area contributed by atoms with Crippen LogP contribution in [0.3, 0.4) is 0 Å². The van der Waals surface area contributed by atoms with Crippen LogP contribution in [0.4, 0.5) is 23.9 Å². The fourth-order valence-corrected chi connectivity index (χ4v) is 3.16. The Kier molecular flexibility index (Phi) is 3.63. The van der Waals surface area contributed by atoms with Gasteiger partial charge in [-0.15, -0.1) is 11.3 Å². The van der Waals surface area contributed by atoms with Gasteiger partial charge in [-0.2, -0.15) is 18.4 Å². The number of thiophene rings is 1. The third kappa shape index (κ3) is 3.32. The lowest BCUT2D eigenvalue weighted by Crippen LogP contribution is -2.23. The molecule has 0 amide bonds. The molecule has 2 rings (SSSR count). The van der Waals surface area contributed by atoms with Crippen molar-refractivity contribution in [1.82, 2.24) is 0 Å². The first-order valence-electron chi connectivity index (χ1n) is 5.97. The topological polar surface area (TPSA) is 61.8 Å². The molecule has 0 saturated heterocycles. The first-order valence-corrected chi connectivity index (χ1v) is 6.79. The Balaban J connectivity index is 2.18. The van der Waals surface area contributed by atoms with Crippen molar-refractivity contribution >= 4 is 22.0 Å². The number of nitrogen functional groups attached to an aromatic ring is 1. The molecule has 0 aliphatic heterocycles. The van der Waals surface area contributed by atoms with Crippen LogP contribution >= 0.6 is 11.3 Å². The molecule has 0 radical (unpaired) electrons. The number of alkyl halides is 3. The maximum atomic E-state index is 12.3. The molecular formula is C12H14F3N3S. The minimum absolute atomic E-state index is 0.291. The van der Waals surface area contributed by atoms with E-state index >= 15 is 0 Å². The van der Waals surface area contributed by atoms with Crippen molar-refractivity contribution in [2.75, 3.05) is 11.1 Å². The normalized spacial score (nSPS) is 17.0. The molecular weight excluding hydrogens is 275 g/mol. The Morgan fingerprint density at radius 1 is 1.53 bits per heavy atom. The van der Waals surface area contributed by atoms with Gasteiger partial charge >= 0.3 is 6.18 Å². The molecule has 0 spiro atoms. The molecule has 1 atom stereocenters. The molecule has 19 heavy (non-hydrogen) atoms. The van der Waals surface area contributed by atoms with Crippen molar-refractivity contribution in [2.45, 2.75) is 44.3 Å². The highest BCUT2D eigenvalue weighted by Gasteiger charge is 2.34. The predicted octanol–water partition coefficient (Wildman–Crippen LogP) is 3.83. The summed E-state index contributed by atoms with van der Waals surface area (Å²) in [5.41, 5.74) is 7.14. The van der Waals surface area contributed by atoms with Crippen molar-refractivity contribution in [3.8, 4) is 6.07 Å². The molecule has 1 unspecified atom stereocenters. The van der Waals surface area contributed by atoms with Gasteiger partial charge in [-0.25, -0.2) is 0 Å². The lowest BCUT2D eigenvalue weighted by atomic mass is 10.1. The van der Waals surface area contributed by atoms with Crippen LogP contribution in [0, 0.1) is 11.3 Å². The third-order valence-corrected chi connectivity index (χ3v) is 4.04. The van der Waals surface area contributed by atoms with Gasteiger partial charge in [0, 0.05) is 11.6 Å². The van der Waals surface area contributed by atoms with Crippen LogP contribution in [0.25, 0.3) is 0 Å². The Hall–Kier alpha value is -1.42. The predicted molar refractivity (Wildman–Crippen MR) is 69.2 cm³/mol. The average molecular weight is 289 g/mol. The van der Waals surface area contributed by atoms with Gasteiger partial charge in [0.1, 0.15) is 10.9 Å². The number of nitrogens with two attached hydrogens (primary N) is 1. The van der Waals surface area contributed by atoms with Crippen molar-refractivity contribution in [2.24, 2.45) is 0 Å². The van der Waals surface area contributed by atoms with Crippen molar-refractivity contribution < 1.29 is 13.2 Å². The number of hydrogen-bond acceptors (Lipinski definition) is 4. The van der Waals surface area contributed by atoms with E-state index in [0.29, 0.717) is 21.5 Å². The van der Waals surface area contributed by atoms with E-state index in [1.54, 1.807) is 0 Å². The van der Waals surface area contributed by atoms with E-state index in [0.717, 1.165) is 29.7 Å². The lowest BCUT2D eigenvalue weighted by molar-refractivity contribution is -0.136. The van der Waals surface area contributed by atoms with Gasteiger partial charge in [0.25, 0.3) is 0 Å². The van der Waals surface area contributed by atoms with Crippen LogP contribution in [0.1, 0.15) is 42.5 Å². The van der Waals surface area contributed by atoms with E-state index in [4.69, 9.17) is 11.0 Å². The minimum atomic E-state index is -4.20. The Morgan fingerprint density at radius 2 is 2.16 bits per heavy atom. The van der Waals surface area contributed by atoms with Crippen LogP contribution in [0.2, 0.25) is 0 Å². The molecule has 104 valence electrons. The smallest absolute Gasteiger partial charge is 0.391 e. The molecule has 0 bridgehead atoms. The highest BCUT2D eigenvalue weighted by Crippen LogP contribution is 2.50. The summed E-state index contributed by atoms with van der Waals surface area (Å²) >= 11 is 1.14. The minimum Gasteiger partial charge on any atom is -0.397 e. The van der Waals surface area contributed by atoms with E-state index < -0.39 is 18.6 Å². The highest BCUT2D eigenvalue weighted by molar-refractivity contribution is 7.17. The van der Waals surface area contributed by atoms with Crippen LogP contribution in [0.5, 0.6) is 0 Å². The number of nitrogens with one attached hydrogen (secondary N) is 1. The second kappa shape index (κ2) is 4.93. The van der Waals surface area contributed by atoms with Gasteiger partial charge in [-0.1, -0.05) is 0 Å². The number of hydrogen-bond donors (Lipinski definition) is 2. The first kappa shape index (κ1) is 14.0. The highest BCUT2D eigenvalue weighted by atomic mass is 32.1. The molecule has 1 aliphatic rings. The largest absolute Gasteiger partial charge is 0.397 e. The Labute approximate surface area is 113 Å². The average Bonchev–Trinajstić information content (AvgIpc) is 3.02. The summed E-state index contributed by atoms with van der Waals surface area (Å²) in [6.07, 6.45) is -3.15. The van der Waals surface area contributed by atoms with Gasteiger partial charge in [-0.3, -0.25) is 0 Å². The fourth-order valence-electron chi connectivity index (χ4n) is 2.05. The second-order valence-electron chi connectivity index (χ2n) is 4.84. The lowest BCUT2D eigenvalue weighted by Gasteiger charge is -2.17. The molecule has 1 saturated carbocycles. The Bertz CT molecular complexity index is 512. The molecule has 1 aromatic rings. The number of rotatable bonds is 4. The number of nitrogens with zero attached hydrogens (tertiary/aromatic N) is 1. The van der Waals surface area contributed by atoms with E-state index in [1.807, 2.05) is 6.07 Å². The maximum Gasteiger partial charge on any atom is 0.391 e. The van der Waals surface area contributed by atoms with Gasteiger partial charge in [0.2, 0.25) is 0 Å². The fraction of sp³-hybridized carbons (Fsp3) is 0.583. The van der Waals surface area contributed by atoms with Gasteiger partial charge < -0.3 is 11.1 Å². The quantitative estimate of drug-likeness (QED) is 0.885. The van der Waals surface area contributed by atoms with E-state index in [9.17, 15) is 13.2 Å². The standard InChI is InChI=1S/C12H14F3N3S/c1-6(4-12(13,14)15)18-11-9(7-2-3-7)10(17)8(5-16)19-11/h6-7,18H,2-4,17H2,1H3. The summed E-state index contributed by atoms with van der Waals surface area (Å²) in [6.45, 7) is 1.48. The zero-order valence-corrected chi connectivity index (χ0v) is 11.2. The van der Waals surface area contributed by atoms with Gasteiger partial charge in [0.15, 0.2) is 0 Å². The molecule has 1 aliphatic carbocycles. The first-order chi connectivity index (χ1) is 8.81. The monoisotopic (exact) mass is 289 g/mol. The Morgan fingerprint density at radius 3 is 2.63 bits per heavy atom. The maximum absolute atomic E-state index is 12.3. The molecule has 1 aromatic heterocycles. The van der Waals surface area contributed by atoms with E-state index in [1.165, 1.54) is 6.92 Å². The van der Waals surface area contributed by atoms with E-state index in [2.05, 4.69) is 5.32 Å². The SMILES string of the molecule is CC(CC(F)(F)F)Nc1sc(C#N)c(N)c1C1CC1. The zero-order chi connectivity index (χ0) is 14.2. The summed E-state index contributed by atoms with van der Waals surface area (Å²) in [4.78, 5) is 0.378. The molecule has 7 heteroatoms. The summed E-state index contributed by atoms with van der Waals surface area (Å²) in [7, 11) is 0. The van der Waals surface area contributed by atoms with Crippen LogP contribution in [-0.2, 0) is 0 Å². The van der Waals surface area contributed by atoms with E-state index in [-0.39, 0.29) is 0 Å². The number of halogens is 3. The molecule has 0 aromatic carbocycles. The summed E-state index contributed by atoms with van der Waals surface area (Å²) in [5, 5.41) is 12.4. The van der Waals surface area contributed by atoms with Crippen molar-refractivity contribution in [3.63, 3.8) is 0 Å². The molecule has 3 nitrogen and oxygen atoms in total. The molecule has 3 N–H and O–H groups in total. The third-order valence-electron chi connectivity index (χ3n) is 2.99. The van der Waals surface area contributed by atoms with Crippen LogP contribution in [0.15, 0.2) is 0 Å². The number of anilines is 2. The van der Waals surface area contributed by atoms with Crippen LogP contribution in [-0.4, -0.2) is 12.2 Å². The van der Waals surface area contributed by atoms with Crippen molar-refractivity contribution in [1.29, 1.82) is 5.26 Å². The van der Waals surface area contributed by atoms with Gasteiger partial charge in [0.05, 0.1) is 17.1 Å². The summed E-state index contributed by atoms with van der Waals surface area (Å²) < 4.78 is 37.0. The second-order valence-corrected chi connectivity index (χ2v) is 5.86. The number of nitriles is 1.